The molecule has 2 aliphatic rings. The molecule has 0 aliphatic carbocycles. The highest BCUT2D eigenvalue weighted by atomic mass is 79.9. The molecule has 2 saturated heterocycles. The molecule has 3 nitrogen and oxygen atoms in total. The van der Waals surface area contributed by atoms with Crippen LogP contribution in [0.25, 0.3) is 0 Å². The van der Waals surface area contributed by atoms with Crippen LogP contribution in [0.5, 0.6) is 0 Å². The molecule has 2 bridgehead atoms. The molecule has 1 amide bonds. The summed E-state index contributed by atoms with van der Waals surface area (Å²) in [6.07, 6.45) is 5.35. The van der Waals surface area contributed by atoms with E-state index < -0.39 is 0 Å². The van der Waals surface area contributed by atoms with Crippen molar-refractivity contribution in [1.82, 2.24) is 10.2 Å². The average Bonchev–Trinajstić information content (AvgIpc) is 2.83. The summed E-state index contributed by atoms with van der Waals surface area (Å²) in [5, 5.41) is 3.65. The fourth-order valence-electron chi connectivity index (χ4n) is 3.76. The van der Waals surface area contributed by atoms with E-state index in [9.17, 15) is 4.79 Å². The van der Waals surface area contributed by atoms with E-state index in [2.05, 4.69) is 45.2 Å². The maximum absolute atomic E-state index is 12.9. The van der Waals surface area contributed by atoms with Gasteiger partial charge in [0, 0.05) is 35.6 Å². The van der Waals surface area contributed by atoms with Gasteiger partial charge in [-0.3, -0.25) is 4.79 Å². The van der Waals surface area contributed by atoms with E-state index in [1.165, 1.54) is 18.4 Å². The number of hydrogen-bond acceptors (Lipinski definition) is 2. The van der Waals surface area contributed by atoms with Crippen molar-refractivity contribution in [3.8, 4) is 0 Å². The minimum atomic E-state index is 0. The Morgan fingerprint density at radius 2 is 2.13 bits per heavy atom. The normalized spacial score (nSPS) is 24.7. The van der Waals surface area contributed by atoms with Crippen LogP contribution in [0.1, 0.15) is 38.2 Å². The molecule has 0 radical (unpaired) electrons. The summed E-state index contributed by atoms with van der Waals surface area (Å²) in [5.74, 6) is 0.447. The van der Waals surface area contributed by atoms with E-state index in [0.29, 0.717) is 18.0 Å². The molecule has 3 rings (SSSR count). The fraction of sp³-hybridized carbons (Fsp3) is 0.611. The lowest BCUT2D eigenvalue weighted by molar-refractivity contribution is -0.135. The predicted molar refractivity (Wildman–Crippen MR) is 100 cm³/mol. The summed E-state index contributed by atoms with van der Waals surface area (Å²) in [6, 6.07) is 9.47. The topological polar surface area (TPSA) is 32.3 Å². The first-order chi connectivity index (χ1) is 10.7. The van der Waals surface area contributed by atoms with E-state index in [-0.39, 0.29) is 18.3 Å². The number of nitrogens with one attached hydrogen (secondary N) is 1. The second-order valence-electron chi connectivity index (χ2n) is 6.65. The van der Waals surface area contributed by atoms with Crippen LogP contribution in [0.15, 0.2) is 28.7 Å². The van der Waals surface area contributed by atoms with Gasteiger partial charge in [0.25, 0.3) is 0 Å². The Morgan fingerprint density at radius 1 is 1.35 bits per heavy atom. The molecule has 2 heterocycles. The van der Waals surface area contributed by atoms with Crippen molar-refractivity contribution in [3.05, 3.63) is 34.3 Å². The van der Waals surface area contributed by atoms with Crippen LogP contribution in [0.3, 0.4) is 0 Å². The summed E-state index contributed by atoms with van der Waals surface area (Å²) < 4.78 is 1.09. The molecule has 23 heavy (non-hydrogen) atoms. The predicted octanol–water partition coefficient (Wildman–Crippen LogP) is 3.79. The quantitative estimate of drug-likeness (QED) is 0.832. The highest BCUT2D eigenvalue weighted by Crippen LogP contribution is 2.24. The van der Waals surface area contributed by atoms with Gasteiger partial charge in [0.05, 0.1) is 0 Å². The molecule has 3 unspecified atom stereocenters. The third kappa shape index (κ3) is 4.71. The first-order valence-electron chi connectivity index (χ1n) is 8.45. The molecule has 2 fully saturated rings. The van der Waals surface area contributed by atoms with Gasteiger partial charge in [0.15, 0.2) is 0 Å². The zero-order chi connectivity index (χ0) is 15.5. The Labute approximate surface area is 153 Å². The van der Waals surface area contributed by atoms with Gasteiger partial charge in [-0.25, -0.2) is 0 Å². The third-order valence-electron chi connectivity index (χ3n) is 5.05. The molecular weight excluding hydrogens is 376 g/mol. The van der Waals surface area contributed by atoms with Crippen molar-refractivity contribution >= 4 is 34.2 Å². The summed E-state index contributed by atoms with van der Waals surface area (Å²) >= 11 is 3.52. The van der Waals surface area contributed by atoms with E-state index in [4.69, 9.17) is 0 Å². The van der Waals surface area contributed by atoms with Crippen LogP contribution < -0.4 is 5.32 Å². The number of benzene rings is 1. The molecule has 128 valence electrons. The van der Waals surface area contributed by atoms with E-state index in [1.54, 1.807) is 0 Å². The van der Waals surface area contributed by atoms with Gasteiger partial charge in [-0.1, -0.05) is 35.0 Å². The van der Waals surface area contributed by atoms with Crippen molar-refractivity contribution < 1.29 is 4.79 Å². The Kier molecular flexibility index (Phi) is 6.93. The van der Waals surface area contributed by atoms with E-state index in [1.807, 2.05) is 12.1 Å². The lowest BCUT2D eigenvalue weighted by Crippen LogP contribution is -2.42. The van der Waals surface area contributed by atoms with Crippen LogP contribution in [0, 0.1) is 5.92 Å². The number of fused-ring (bicyclic) bond motifs is 2. The fourth-order valence-corrected chi connectivity index (χ4v) is 4.20. The maximum Gasteiger partial charge on any atom is 0.226 e. The lowest BCUT2D eigenvalue weighted by atomic mass is 9.95. The van der Waals surface area contributed by atoms with Crippen molar-refractivity contribution in [2.45, 2.75) is 51.1 Å². The zero-order valence-electron chi connectivity index (χ0n) is 13.6. The van der Waals surface area contributed by atoms with Crippen LogP contribution in [-0.4, -0.2) is 36.0 Å². The third-order valence-corrected chi connectivity index (χ3v) is 5.54. The monoisotopic (exact) mass is 400 g/mol. The molecule has 1 aromatic carbocycles. The van der Waals surface area contributed by atoms with Gasteiger partial charge < -0.3 is 10.2 Å². The molecular formula is C18H26BrClN2O. The number of rotatable bonds is 4. The highest BCUT2D eigenvalue weighted by Gasteiger charge is 2.33. The summed E-state index contributed by atoms with van der Waals surface area (Å²) in [6.45, 7) is 3.94. The minimum absolute atomic E-state index is 0. The molecule has 2 aliphatic heterocycles. The number of hydrogen-bond donors (Lipinski definition) is 1. The molecule has 0 aromatic heterocycles. The number of likely N-dealkylation sites (tertiary alicyclic amines) is 1. The van der Waals surface area contributed by atoms with E-state index >= 15 is 0 Å². The standard InChI is InChI=1S/C18H25BrN2O.ClH/c1-2-14(10-13-4-3-5-15(19)11-13)18(22)21-9-8-16-6-7-17(12-21)20-16;/h3-5,11,14,16-17,20H,2,6-10,12H2,1H3;1H. The molecule has 0 spiro atoms. The summed E-state index contributed by atoms with van der Waals surface area (Å²) in [5.41, 5.74) is 1.24. The highest BCUT2D eigenvalue weighted by molar-refractivity contribution is 9.10. The van der Waals surface area contributed by atoms with Gasteiger partial charge in [0.1, 0.15) is 0 Å². The zero-order valence-corrected chi connectivity index (χ0v) is 16.0. The number of amides is 1. The first kappa shape index (κ1) is 18.8. The first-order valence-corrected chi connectivity index (χ1v) is 9.24. The van der Waals surface area contributed by atoms with Crippen LogP contribution in [0.2, 0.25) is 0 Å². The average molecular weight is 402 g/mol. The van der Waals surface area contributed by atoms with Crippen LogP contribution >= 0.6 is 28.3 Å². The Balaban J connectivity index is 0.00000192. The van der Waals surface area contributed by atoms with Gasteiger partial charge in [0.2, 0.25) is 5.91 Å². The lowest BCUT2D eigenvalue weighted by Gasteiger charge is -2.28. The Hall–Kier alpha value is -0.580. The molecule has 1 N–H and O–H groups in total. The smallest absolute Gasteiger partial charge is 0.226 e. The summed E-state index contributed by atoms with van der Waals surface area (Å²) in [7, 11) is 0. The summed E-state index contributed by atoms with van der Waals surface area (Å²) in [4.78, 5) is 15.0. The molecule has 0 saturated carbocycles. The van der Waals surface area contributed by atoms with Crippen LogP contribution in [-0.2, 0) is 11.2 Å². The van der Waals surface area contributed by atoms with Gasteiger partial charge >= 0.3 is 0 Å². The Bertz CT molecular complexity index is 540. The van der Waals surface area contributed by atoms with E-state index in [0.717, 1.165) is 36.8 Å². The van der Waals surface area contributed by atoms with Gasteiger partial charge in [-0.2, -0.15) is 0 Å². The second-order valence-corrected chi connectivity index (χ2v) is 7.57. The van der Waals surface area contributed by atoms with Crippen LogP contribution in [0.4, 0.5) is 0 Å². The van der Waals surface area contributed by atoms with Crippen molar-refractivity contribution in [2.75, 3.05) is 13.1 Å². The number of nitrogens with zero attached hydrogens (tertiary/aromatic N) is 1. The van der Waals surface area contributed by atoms with Gasteiger partial charge in [-0.15, -0.1) is 12.4 Å². The minimum Gasteiger partial charge on any atom is -0.341 e. The molecule has 5 heteroatoms. The molecule has 1 aromatic rings. The number of carbonyl (C=O) groups is 1. The SMILES string of the molecule is CCC(Cc1cccc(Br)c1)C(=O)N1CCC2CCC(C1)N2.Cl. The van der Waals surface area contributed by atoms with Gasteiger partial charge in [-0.05, 0) is 49.8 Å². The maximum atomic E-state index is 12.9. The molecule has 3 atom stereocenters. The van der Waals surface area contributed by atoms with Crippen molar-refractivity contribution in [2.24, 2.45) is 5.92 Å². The van der Waals surface area contributed by atoms with Crippen molar-refractivity contribution in [3.63, 3.8) is 0 Å². The largest absolute Gasteiger partial charge is 0.341 e. The number of halogens is 2. The second kappa shape index (κ2) is 8.50. The van der Waals surface area contributed by atoms with Crippen molar-refractivity contribution in [1.29, 1.82) is 0 Å². The number of carbonyl (C=O) groups excluding carboxylic acids is 1. The Morgan fingerprint density at radius 3 is 2.87 bits per heavy atom.